The van der Waals surface area contributed by atoms with E-state index >= 15 is 0 Å². The minimum absolute atomic E-state index is 0.304. The third-order valence-electron chi connectivity index (χ3n) is 6.27. The molecule has 36 heavy (non-hydrogen) atoms. The van der Waals surface area contributed by atoms with Crippen molar-refractivity contribution in [2.75, 3.05) is 30.3 Å². The van der Waals surface area contributed by atoms with Crippen LogP contribution < -0.4 is 10.6 Å². The Bertz CT molecular complexity index is 1290. The van der Waals surface area contributed by atoms with Crippen molar-refractivity contribution in [3.8, 4) is 11.5 Å². The summed E-state index contributed by atoms with van der Waals surface area (Å²) in [5.41, 5.74) is 3.82. The molecule has 9 nitrogen and oxygen atoms in total. The van der Waals surface area contributed by atoms with Crippen molar-refractivity contribution >= 4 is 23.3 Å². The first-order valence-corrected chi connectivity index (χ1v) is 12.2. The van der Waals surface area contributed by atoms with E-state index in [-0.39, 0.29) is 0 Å². The molecule has 4 aromatic rings. The number of anilines is 4. The van der Waals surface area contributed by atoms with Gasteiger partial charge in [-0.3, -0.25) is 4.90 Å². The highest BCUT2D eigenvalue weighted by Crippen LogP contribution is 2.21. The summed E-state index contributed by atoms with van der Waals surface area (Å²) in [6, 6.07) is 17.7. The summed E-state index contributed by atoms with van der Waals surface area (Å²) in [6.45, 7) is 5.24. The molecular weight excluding hydrogens is 452 g/mol. The molecule has 0 radical (unpaired) electrons. The van der Waals surface area contributed by atoms with Crippen molar-refractivity contribution in [1.82, 2.24) is 29.8 Å². The first-order chi connectivity index (χ1) is 17.6. The number of nitrogens with zero attached hydrogens (tertiary/aromatic N) is 6. The Labute approximate surface area is 210 Å². The molecular formula is C27H30N8O. The second kappa shape index (κ2) is 11.2. The number of benzene rings is 1. The van der Waals surface area contributed by atoms with Gasteiger partial charge in [0.25, 0.3) is 0 Å². The number of rotatable bonds is 8. The molecule has 0 saturated carbocycles. The highest BCUT2D eigenvalue weighted by molar-refractivity contribution is 5.59. The van der Waals surface area contributed by atoms with E-state index in [9.17, 15) is 5.11 Å². The monoisotopic (exact) mass is 482 g/mol. The Morgan fingerprint density at radius 3 is 2.36 bits per heavy atom. The summed E-state index contributed by atoms with van der Waals surface area (Å²) in [4.78, 5) is 24.8. The van der Waals surface area contributed by atoms with Gasteiger partial charge >= 0.3 is 0 Å². The topological polar surface area (TPSA) is 112 Å². The maximum Gasteiger partial charge on any atom is 0.229 e. The van der Waals surface area contributed by atoms with Crippen molar-refractivity contribution in [2.24, 2.45) is 5.92 Å². The van der Waals surface area contributed by atoms with Crippen LogP contribution in [0, 0.1) is 12.8 Å². The van der Waals surface area contributed by atoms with Crippen LogP contribution in [0.5, 0.6) is 0 Å². The fourth-order valence-corrected chi connectivity index (χ4v) is 4.25. The Morgan fingerprint density at radius 1 is 0.861 bits per heavy atom. The molecule has 0 atom stereocenters. The number of aromatic nitrogens is 5. The maximum atomic E-state index is 9.32. The van der Waals surface area contributed by atoms with E-state index in [0.29, 0.717) is 35.9 Å². The van der Waals surface area contributed by atoms with Crippen LogP contribution in [0.2, 0.25) is 0 Å². The number of aliphatic hydroxyl groups is 1. The largest absolute Gasteiger partial charge is 0.396 e. The zero-order valence-electron chi connectivity index (χ0n) is 20.3. The Morgan fingerprint density at radius 2 is 1.61 bits per heavy atom. The molecule has 5 rings (SSSR count). The van der Waals surface area contributed by atoms with E-state index < -0.39 is 0 Å². The van der Waals surface area contributed by atoms with Crippen LogP contribution in [-0.2, 0) is 6.54 Å². The molecule has 0 bridgehead atoms. The van der Waals surface area contributed by atoms with Gasteiger partial charge in [0.2, 0.25) is 5.95 Å². The SMILES string of the molecule is Cc1cccc(-c2nccc(Nc3ccnc(Nc4ccc(CN5CCC(CO)CC5)cc4)n3)n2)n1. The van der Waals surface area contributed by atoms with Crippen LogP contribution in [-0.4, -0.2) is 54.6 Å². The first kappa shape index (κ1) is 23.8. The van der Waals surface area contributed by atoms with Crippen molar-refractivity contribution in [3.05, 3.63) is 78.2 Å². The first-order valence-electron chi connectivity index (χ1n) is 12.2. The molecule has 0 aliphatic carbocycles. The molecule has 1 aromatic carbocycles. The van der Waals surface area contributed by atoms with E-state index in [1.54, 1.807) is 24.5 Å². The lowest BCUT2D eigenvalue weighted by Crippen LogP contribution is -2.34. The van der Waals surface area contributed by atoms with Crippen LogP contribution in [0.1, 0.15) is 24.1 Å². The zero-order valence-corrected chi connectivity index (χ0v) is 20.3. The smallest absolute Gasteiger partial charge is 0.229 e. The van der Waals surface area contributed by atoms with Gasteiger partial charge in [0.1, 0.15) is 17.3 Å². The Kier molecular flexibility index (Phi) is 7.39. The van der Waals surface area contributed by atoms with Gasteiger partial charge in [-0.15, -0.1) is 0 Å². The number of hydrogen-bond donors (Lipinski definition) is 3. The van der Waals surface area contributed by atoms with Gasteiger partial charge in [-0.05, 0) is 80.7 Å². The number of pyridine rings is 1. The lowest BCUT2D eigenvalue weighted by Gasteiger charge is -2.31. The highest BCUT2D eigenvalue weighted by atomic mass is 16.3. The predicted molar refractivity (Wildman–Crippen MR) is 140 cm³/mol. The third kappa shape index (κ3) is 6.18. The van der Waals surface area contributed by atoms with Gasteiger partial charge in [-0.2, -0.15) is 4.98 Å². The number of likely N-dealkylation sites (tertiary alicyclic amines) is 1. The molecule has 184 valence electrons. The number of nitrogens with one attached hydrogen (secondary N) is 2. The fraction of sp³-hybridized carbons (Fsp3) is 0.296. The third-order valence-corrected chi connectivity index (χ3v) is 6.27. The molecule has 0 spiro atoms. The van der Waals surface area contributed by atoms with Crippen LogP contribution in [0.3, 0.4) is 0 Å². The van der Waals surface area contributed by atoms with Crippen LogP contribution in [0.4, 0.5) is 23.3 Å². The minimum Gasteiger partial charge on any atom is -0.396 e. The van der Waals surface area contributed by atoms with Crippen molar-refractivity contribution in [1.29, 1.82) is 0 Å². The Hall–Kier alpha value is -3.95. The van der Waals surface area contributed by atoms with Gasteiger partial charge < -0.3 is 15.7 Å². The summed E-state index contributed by atoms with van der Waals surface area (Å²) >= 11 is 0. The second-order valence-corrected chi connectivity index (χ2v) is 9.04. The molecule has 0 amide bonds. The van der Waals surface area contributed by atoms with Crippen molar-refractivity contribution < 1.29 is 5.11 Å². The maximum absolute atomic E-state index is 9.32. The second-order valence-electron chi connectivity index (χ2n) is 9.04. The van der Waals surface area contributed by atoms with E-state index in [0.717, 1.165) is 49.6 Å². The lowest BCUT2D eigenvalue weighted by atomic mass is 9.97. The number of aryl methyl sites for hydroxylation is 1. The van der Waals surface area contributed by atoms with E-state index in [1.165, 1.54) is 5.56 Å². The van der Waals surface area contributed by atoms with Gasteiger partial charge in [-0.1, -0.05) is 18.2 Å². The molecule has 9 heteroatoms. The number of piperidine rings is 1. The average molecular weight is 483 g/mol. The Balaban J connectivity index is 1.20. The van der Waals surface area contributed by atoms with Gasteiger partial charge in [-0.25, -0.2) is 19.9 Å². The quantitative estimate of drug-likeness (QED) is 0.338. The number of aliphatic hydroxyl groups excluding tert-OH is 1. The van der Waals surface area contributed by atoms with Crippen LogP contribution in [0.15, 0.2) is 67.0 Å². The lowest BCUT2D eigenvalue weighted by molar-refractivity contribution is 0.127. The van der Waals surface area contributed by atoms with Crippen molar-refractivity contribution in [3.63, 3.8) is 0 Å². The predicted octanol–water partition coefficient (Wildman–Crippen LogP) is 4.33. The normalized spacial score (nSPS) is 14.5. The molecule has 1 aliphatic rings. The molecule has 1 fully saturated rings. The summed E-state index contributed by atoms with van der Waals surface area (Å²) in [5, 5.41) is 15.8. The highest BCUT2D eigenvalue weighted by Gasteiger charge is 2.18. The van der Waals surface area contributed by atoms with E-state index in [2.05, 4.69) is 52.6 Å². The van der Waals surface area contributed by atoms with Gasteiger partial charge in [0.05, 0.1) is 0 Å². The van der Waals surface area contributed by atoms with Gasteiger partial charge in [0, 0.05) is 36.9 Å². The number of hydrogen-bond acceptors (Lipinski definition) is 9. The van der Waals surface area contributed by atoms with Crippen LogP contribution >= 0.6 is 0 Å². The minimum atomic E-state index is 0.304. The van der Waals surface area contributed by atoms with E-state index in [4.69, 9.17) is 0 Å². The standard InChI is InChI=1S/C27H30N8O/c1-19-3-2-4-23(30-19)26-28-13-9-24(33-26)32-25-10-14-29-27(34-25)31-22-7-5-20(6-8-22)17-35-15-11-21(18-36)12-16-35/h2-10,13-14,21,36H,11-12,15-18H2,1H3,(H2,28,29,31,32,33,34). The molecule has 3 N–H and O–H groups in total. The molecule has 4 heterocycles. The average Bonchev–Trinajstić information content (AvgIpc) is 2.91. The molecule has 1 saturated heterocycles. The summed E-state index contributed by atoms with van der Waals surface area (Å²) < 4.78 is 0. The molecule has 0 unspecified atom stereocenters. The summed E-state index contributed by atoms with van der Waals surface area (Å²) in [5.74, 6) is 2.75. The fourth-order valence-electron chi connectivity index (χ4n) is 4.25. The zero-order chi connectivity index (χ0) is 24.7. The molecule has 3 aromatic heterocycles. The summed E-state index contributed by atoms with van der Waals surface area (Å²) in [7, 11) is 0. The van der Waals surface area contributed by atoms with Gasteiger partial charge in [0.15, 0.2) is 5.82 Å². The van der Waals surface area contributed by atoms with Crippen molar-refractivity contribution in [2.45, 2.75) is 26.3 Å². The summed E-state index contributed by atoms with van der Waals surface area (Å²) in [6.07, 6.45) is 5.53. The molecule has 1 aliphatic heterocycles. The van der Waals surface area contributed by atoms with Crippen LogP contribution in [0.25, 0.3) is 11.5 Å². The van der Waals surface area contributed by atoms with E-state index in [1.807, 2.05) is 37.3 Å².